The van der Waals surface area contributed by atoms with Crippen molar-refractivity contribution in [1.82, 2.24) is 5.32 Å². The summed E-state index contributed by atoms with van der Waals surface area (Å²) in [5, 5.41) is 71.2. The van der Waals surface area contributed by atoms with Crippen molar-refractivity contribution >= 4 is 5.91 Å². The first-order valence-corrected chi connectivity index (χ1v) is 8.61. The van der Waals surface area contributed by atoms with Gasteiger partial charge in [0.15, 0.2) is 12.5 Å². The number of hydrogen-bond donors (Lipinski definition) is 8. The number of carbonyl (C=O) groups is 1. The Bertz CT molecular complexity index is 505. The third-order valence-corrected chi connectivity index (χ3v) is 4.58. The number of rotatable bonds is 7. The van der Waals surface area contributed by atoms with E-state index in [4.69, 9.17) is 14.2 Å². The van der Waals surface area contributed by atoms with Gasteiger partial charge in [0.1, 0.15) is 55.4 Å². The van der Waals surface area contributed by atoms with Gasteiger partial charge in [0.05, 0.1) is 13.2 Å². The first-order chi connectivity index (χ1) is 13.2. The molecule has 5 unspecified atom stereocenters. The van der Waals surface area contributed by atoms with Gasteiger partial charge < -0.3 is 60.0 Å². The number of ether oxygens (including phenoxy) is 4. The van der Waals surface area contributed by atoms with E-state index < -0.39 is 80.5 Å². The topological polar surface area (TPSA) is 208 Å². The Morgan fingerprint density at radius 3 is 2.11 bits per heavy atom. The molecule has 13 heteroatoms. The summed E-state index contributed by atoms with van der Waals surface area (Å²) in [6.45, 7) is -1.70. The van der Waals surface area contributed by atoms with Gasteiger partial charge in [0.25, 0.3) is 0 Å². The molecule has 28 heavy (non-hydrogen) atoms. The highest BCUT2D eigenvalue weighted by Crippen LogP contribution is 2.28. The zero-order chi connectivity index (χ0) is 21.0. The van der Waals surface area contributed by atoms with Gasteiger partial charge in [-0.15, -0.1) is 0 Å². The first kappa shape index (κ1) is 23.3. The summed E-state index contributed by atoms with van der Waals surface area (Å²) in [5.74, 6) is -0.635. The van der Waals surface area contributed by atoms with Crippen LogP contribution in [0.15, 0.2) is 0 Å². The second-order valence-corrected chi connectivity index (χ2v) is 6.56. The fraction of sp³-hybridized carbons (Fsp3) is 0.933. The monoisotopic (exact) mass is 413 g/mol. The van der Waals surface area contributed by atoms with E-state index in [1.165, 1.54) is 7.11 Å². The van der Waals surface area contributed by atoms with Crippen LogP contribution in [0.25, 0.3) is 0 Å². The maximum atomic E-state index is 11.6. The van der Waals surface area contributed by atoms with Crippen molar-refractivity contribution in [3.63, 3.8) is 0 Å². The molecule has 0 aromatic carbocycles. The van der Waals surface area contributed by atoms with E-state index in [9.17, 15) is 40.5 Å². The van der Waals surface area contributed by atoms with Crippen LogP contribution in [-0.4, -0.2) is 130 Å². The van der Waals surface area contributed by atoms with Crippen LogP contribution < -0.4 is 5.32 Å². The number of aliphatic hydroxyl groups is 7. The highest BCUT2D eigenvalue weighted by Gasteiger charge is 2.50. The zero-order valence-electron chi connectivity index (χ0n) is 15.1. The molecule has 2 saturated heterocycles. The molecule has 8 N–H and O–H groups in total. The molecular formula is C15H27NO12. The van der Waals surface area contributed by atoms with Gasteiger partial charge in [0.2, 0.25) is 5.91 Å². The number of nitrogens with one attached hydrogen (secondary N) is 1. The van der Waals surface area contributed by atoms with E-state index in [-0.39, 0.29) is 6.61 Å². The van der Waals surface area contributed by atoms with Gasteiger partial charge >= 0.3 is 0 Å². The normalized spacial score (nSPS) is 44.3. The van der Waals surface area contributed by atoms with Crippen molar-refractivity contribution in [2.75, 3.05) is 26.9 Å². The first-order valence-electron chi connectivity index (χ1n) is 8.61. The molecule has 0 aromatic rings. The molecule has 2 aliphatic heterocycles. The Hall–Kier alpha value is -0.970. The minimum atomic E-state index is -1.75. The van der Waals surface area contributed by atoms with Crippen LogP contribution >= 0.6 is 0 Å². The fourth-order valence-corrected chi connectivity index (χ4v) is 3.04. The predicted molar refractivity (Wildman–Crippen MR) is 86.4 cm³/mol. The van der Waals surface area contributed by atoms with E-state index in [0.717, 1.165) is 0 Å². The standard InChI is InChI=1S/C15H27NO12/c1-25-4-7(19)16-14-11(23)10(22)13(6(3-18)26-14)28-15-12(24)9(21)8(20)5(2-17)27-15/h5-6,8-15,17-18,20-24H,2-4H2,1H3,(H,16,19)/t5?,6?,8-,9?,10?,11?,12-,13+,14+,15-/m0/s1. The number of carbonyl (C=O) groups excluding carboxylic acids is 1. The number of methoxy groups -OCH3 is 1. The van der Waals surface area contributed by atoms with Gasteiger partial charge in [-0.2, -0.15) is 0 Å². The molecule has 2 aliphatic rings. The van der Waals surface area contributed by atoms with Crippen LogP contribution in [0.2, 0.25) is 0 Å². The minimum Gasteiger partial charge on any atom is -0.394 e. The maximum absolute atomic E-state index is 11.6. The largest absolute Gasteiger partial charge is 0.394 e. The molecule has 0 aliphatic carbocycles. The lowest BCUT2D eigenvalue weighted by Gasteiger charge is -2.46. The lowest BCUT2D eigenvalue weighted by atomic mass is 9.96. The second kappa shape index (κ2) is 10.2. The third kappa shape index (κ3) is 4.95. The van der Waals surface area contributed by atoms with Gasteiger partial charge in [-0.1, -0.05) is 0 Å². The summed E-state index contributed by atoms with van der Waals surface area (Å²) in [5.41, 5.74) is 0. The molecule has 0 radical (unpaired) electrons. The van der Waals surface area contributed by atoms with Crippen LogP contribution in [0.4, 0.5) is 0 Å². The van der Waals surface area contributed by atoms with Crippen LogP contribution in [-0.2, 0) is 23.7 Å². The maximum Gasteiger partial charge on any atom is 0.248 e. The highest BCUT2D eigenvalue weighted by atomic mass is 16.7. The Morgan fingerprint density at radius 2 is 1.54 bits per heavy atom. The molecular weight excluding hydrogens is 386 g/mol. The van der Waals surface area contributed by atoms with E-state index in [0.29, 0.717) is 0 Å². The van der Waals surface area contributed by atoms with Crippen molar-refractivity contribution in [3.8, 4) is 0 Å². The minimum absolute atomic E-state index is 0.322. The summed E-state index contributed by atoms with van der Waals surface area (Å²) in [6, 6.07) is 0. The van der Waals surface area contributed by atoms with Crippen molar-refractivity contribution in [1.29, 1.82) is 0 Å². The summed E-state index contributed by atoms with van der Waals surface area (Å²) in [6.07, 6.45) is -15.3. The molecule has 0 saturated carbocycles. The van der Waals surface area contributed by atoms with Crippen LogP contribution in [0.3, 0.4) is 0 Å². The number of hydrogen-bond acceptors (Lipinski definition) is 12. The SMILES string of the molecule is COCC(=O)N[C@@H]1OC(CO)[C@@H](O[C@@H]2OC(CO)[C@H](O)C(O)[C@@H]2O)C(O)C1O. The van der Waals surface area contributed by atoms with Crippen LogP contribution in [0.5, 0.6) is 0 Å². The molecule has 0 aromatic heterocycles. The van der Waals surface area contributed by atoms with Crippen molar-refractivity contribution in [2.45, 2.75) is 61.3 Å². The van der Waals surface area contributed by atoms with Gasteiger partial charge in [-0.05, 0) is 0 Å². The zero-order valence-corrected chi connectivity index (χ0v) is 15.1. The Labute approximate surface area is 160 Å². The quantitative estimate of drug-likeness (QED) is 0.196. The highest BCUT2D eigenvalue weighted by molar-refractivity contribution is 5.77. The fourth-order valence-electron chi connectivity index (χ4n) is 3.04. The summed E-state index contributed by atoms with van der Waals surface area (Å²) in [7, 11) is 1.29. The summed E-state index contributed by atoms with van der Waals surface area (Å²) < 4.78 is 20.6. The molecule has 1 amide bonds. The molecule has 10 atom stereocenters. The lowest BCUT2D eigenvalue weighted by molar-refractivity contribution is -0.343. The van der Waals surface area contributed by atoms with Gasteiger partial charge in [0, 0.05) is 7.11 Å². The molecule has 13 nitrogen and oxygen atoms in total. The van der Waals surface area contributed by atoms with E-state index >= 15 is 0 Å². The Balaban J connectivity index is 2.09. The Morgan fingerprint density at radius 1 is 0.893 bits per heavy atom. The third-order valence-electron chi connectivity index (χ3n) is 4.58. The van der Waals surface area contributed by atoms with Crippen molar-refractivity contribution in [2.24, 2.45) is 0 Å². The van der Waals surface area contributed by atoms with Crippen molar-refractivity contribution in [3.05, 3.63) is 0 Å². The summed E-state index contributed by atoms with van der Waals surface area (Å²) in [4.78, 5) is 11.6. The molecule has 2 rings (SSSR count). The average Bonchev–Trinajstić information content (AvgIpc) is 2.67. The van der Waals surface area contributed by atoms with Crippen molar-refractivity contribution < 1.29 is 59.5 Å². The molecule has 0 bridgehead atoms. The smallest absolute Gasteiger partial charge is 0.248 e. The lowest BCUT2D eigenvalue weighted by Crippen LogP contribution is -2.66. The number of aliphatic hydroxyl groups excluding tert-OH is 7. The summed E-state index contributed by atoms with van der Waals surface area (Å²) >= 11 is 0. The Kier molecular flexibility index (Phi) is 8.47. The molecule has 0 spiro atoms. The van der Waals surface area contributed by atoms with E-state index in [1.54, 1.807) is 0 Å². The van der Waals surface area contributed by atoms with Crippen LogP contribution in [0.1, 0.15) is 0 Å². The van der Waals surface area contributed by atoms with Crippen LogP contribution in [0, 0.1) is 0 Å². The van der Waals surface area contributed by atoms with Gasteiger partial charge in [-0.25, -0.2) is 0 Å². The molecule has 164 valence electrons. The van der Waals surface area contributed by atoms with E-state index in [1.807, 2.05) is 0 Å². The molecule has 2 fully saturated rings. The second-order valence-electron chi connectivity index (χ2n) is 6.56. The number of amides is 1. The molecule has 2 heterocycles. The van der Waals surface area contributed by atoms with E-state index in [2.05, 4.69) is 10.1 Å². The predicted octanol–water partition coefficient (Wildman–Crippen LogP) is -5.63. The average molecular weight is 413 g/mol. The van der Waals surface area contributed by atoms with Gasteiger partial charge in [-0.3, -0.25) is 4.79 Å².